The van der Waals surface area contributed by atoms with E-state index in [1.165, 1.54) is 11.5 Å². The largest absolute Gasteiger partial charge is 0.370 e. The maximum atomic E-state index is 10.5. The van der Waals surface area contributed by atoms with Gasteiger partial charge in [-0.25, -0.2) is 4.98 Å². The molecule has 0 radical (unpaired) electrons. The third-order valence-electron chi connectivity index (χ3n) is 1.91. The van der Waals surface area contributed by atoms with Gasteiger partial charge in [-0.2, -0.15) is 4.37 Å². The molecule has 0 saturated heterocycles. The van der Waals surface area contributed by atoms with Crippen molar-refractivity contribution in [1.82, 2.24) is 9.36 Å². The van der Waals surface area contributed by atoms with E-state index in [0.29, 0.717) is 6.42 Å². The predicted octanol–water partition coefficient (Wildman–Crippen LogP) is 1.17. The first-order chi connectivity index (χ1) is 7.22. The number of aryl methyl sites for hydroxylation is 1. The fourth-order valence-electron chi connectivity index (χ4n) is 1.09. The summed E-state index contributed by atoms with van der Waals surface area (Å²) in [4.78, 5) is 14.7. The molecule has 0 aliphatic rings. The second-order valence-electron chi connectivity index (χ2n) is 3.22. The van der Waals surface area contributed by atoms with Crippen LogP contribution in [0.2, 0.25) is 0 Å². The Hall–Kier alpha value is -1.17. The van der Waals surface area contributed by atoms with Crippen LogP contribution >= 0.6 is 11.5 Å². The van der Waals surface area contributed by atoms with Gasteiger partial charge in [-0.3, -0.25) is 4.79 Å². The van der Waals surface area contributed by atoms with Gasteiger partial charge in [0.2, 0.25) is 11.0 Å². The lowest BCUT2D eigenvalue weighted by Crippen LogP contribution is -2.10. The molecule has 1 aromatic rings. The summed E-state index contributed by atoms with van der Waals surface area (Å²) in [5.74, 6) is 0.638. The van der Waals surface area contributed by atoms with Gasteiger partial charge in [-0.1, -0.05) is 6.92 Å². The highest BCUT2D eigenvalue weighted by molar-refractivity contribution is 7.09. The van der Waals surface area contributed by atoms with Crippen molar-refractivity contribution in [3.8, 4) is 0 Å². The molecule has 0 fully saturated rings. The van der Waals surface area contributed by atoms with Gasteiger partial charge in [0, 0.05) is 30.9 Å². The van der Waals surface area contributed by atoms with Gasteiger partial charge in [0.25, 0.3) is 0 Å². The summed E-state index contributed by atoms with van der Waals surface area (Å²) >= 11 is 1.37. The molecular weight excluding hydrogens is 212 g/mol. The van der Waals surface area contributed by atoms with Crippen LogP contribution in [-0.4, -0.2) is 21.8 Å². The van der Waals surface area contributed by atoms with Gasteiger partial charge in [0.15, 0.2) is 0 Å². The first-order valence-corrected chi connectivity index (χ1v) is 5.84. The maximum absolute atomic E-state index is 10.5. The first kappa shape index (κ1) is 11.9. The zero-order chi connectivity index (χ0) is 11.1. The van der Waals surface area contributed by atoms with Crippen molar-refractivity contribution in [1.29, 1.82) is 0 Å². The minimum atomic E-state index is -0.237. The van der Waals surface area contributed by atoms with Crippen molar-refractivity contribution in [2.75, 3.05) is 11.9 Å². The Kier molecular flexibility index (Phi) is 5.03. The summed E-state index contributed by atoms with van der Waals surface area (Å²) < 4.78 is 4.16. The summed E-state index contributed by atoms with van der Waals surface area (Å²) in [5, 5.41) is 4.02. The molecule has 1 heterocycles. The molecule has 0 aliphatic heterocycles. The van der Waals surface area contributed by atoms with Crippen LogP contribution in [0.15, 0.2) is 0 Å². The van der Waals surface area contributed by atoms with Crippen LogP contribution in [0.5, 0.6) is 0 Å². The number of primary amides is 1. The third kappa shape index (κ3) is 4.73. The van der Waals surface area contributed by atoms with Crippen molar-refractivity contribution >= 4 is 22.6 Å². The summed E-state index contributed by atoms with van der Waals surface area (Å²) in [6.07, 6.45) is 3.06. The molecule has 15 heavy (non-hydrogen) atoms. The fourth-order valence-corrected chi connectivity index (χ4v) is 1.76. The summed E-state index contributed by atoms with van der Waals surface area (Å²) in [7, 11) is 0. The lowest BCUT2D eigenvalue weighted by Gasteiger charge is -2.00. The smallest absolute Gasteiger partial charge is 0.217 e. The monoisotopic (exact) mass is 228 g/mol. The van der Waals surface area contributed by atoms with E-state index in [-0.39, 0.29) is 5.91 Å². The molecule has 0 atom stereocenters. The van der Waals surface area contributed by atoms with Crippen molar-refractivity contribution in [3.05, 3.63) is 5.82 Å². The van der Waals surface area contributed by atoms with Gasteiger partial charge in [-0.15, -0.1) is 0 Å². The number of amides is 1. The van der Waals surface area contributed by atoms with Gasteiger partial charge in [0.1, 0.15) is 5.82 Å². The average Bonchev–Trinajstić information content (AvgIpc) is 2.65. The molecule has 6 heteroatoms. The van der Waals surface area contributed by atoms with Gasteiger partial charge < -0.3 is 11.1 Å². The van der Waals surface area contributed by atoms with E-state index in [1.54, 1.807) is 0 Å². The standard InChI is InChI=1S/C9H16N4OS/c1-2-8-12-9(15-13-8)11-6-4-3-5-7(10)14/h2-6H2,1H3,(H2,10,14)(H,11,12,13). The number of carbonyl (C=O) groups excluding carboxylic acids is 1. The predicted molar refractivity (Wildman–Crippen MR) is 60.8 cm³/mol. The first-order valence-electron chi connectivity index (χ1n) is 5.07. The van der Waals surface area contributed by atoms with Crippen LogP contribution in [0, 0.1) is 0 Å². The number of unbranched alkanes of at least 4 members (excludes halogenated alkanes) is 1. The van der Waals surface area contributed by atoms with E-state index in [9.17, 15) is 4.79 Å². The summed E-state index contributed by atoms with van der Waals surface area (Å²) in [5.41, 5.74) is 5.03. The van der Waals surface area contributed by atoms with E-state index < -0.39 is 0 Å². The van der Waals surface area contributed by atoms with E-state index in [4.69, 9.17) is 5.73 Å². The summed E-state index contributed by atoms with van der Waals surface area (Å²) in [6, 6.07) is 0. The van der Waals surface area contributed by atoms with E-state index in [0.717, 1.165) is 36.8 Å². The average molecular weight is 228 g/mol. The molecule has 3 N–H and O–H groups in total. The highest BCUT2D eigenvalue weighted by atomic mass is 32.1. The van der Waals surface area contributed by atoms with Crippen LogP contribution in [0.25, 0.3) is 0 Å². The van der Waals surface area contributed by atoms with Crippen molar-refractivity contribution < 1.29 is 4.79 Å². The molecule has 0 aromatic carbocycles. The van der Waals surface area contributed by atoms with Crippen molar-refractivity contribution in [2.45, 2.75) is 32.6 Å². The van der Waals surface area contributed by atoms with E-state index >= 15 is 0 Å². The van der Waals surface area contributed by atoms with Gasteiger partial charge in [0.05, 0.1) is 0 Å². The molecule has 84 valence electrons. The number of hydrogen-bond acceptors (Lipinski definition) is 5. The van der Waals surface area contributed by atoms with Crippen LogP contribution < -0.4 is 11.1 Å². The quantitative estimate of drug-likeness (QED) is 0.686. The minimum Gasteiger partial charge on any atom is -0.370 e. The Morgan fingerprint density at radius 2 is 2.33 bits per heavy atom. The number of nitrogens with one attached hydrogen (secondary N) is 1. The lowest BCUT2D eigenvalue weighted by molar-refractivity contribution is -0.118. The molecule has 0 unspecified atom stereocenters. The lowest BCUT2D eigenvalue weighted by atomic mass is 10.2. The second kappa shape index (κ2) is 6.34. The molecule has 5 nitrogen and oxygen atoms in total. The third-order valence-corrected chi connectivity index (χ3v) is 2.62. The maximum Gasteiger partial charge on any atom is 0.217 e. The number of aromatic nitrogens is 2. The highest BCUT2D eigenvalue weighted by Gasteiger charge is 2.00. The molecule has 0 bridgehead atoms. The van der Waals surface area contributed by atoms with Crippen molar-refractivity contribution in [2.24, 2.45) is 5.73 Å². The number of anilines is 1. The number of nitrogens with zero attached hydrogens (tertiary/aromatic N) is 2. The van der Waals surface area contributed by atoms with Gasteiger partial charge in [-0.05, 0) is 12.8 Å². The molecule has 0 aliphatic carbocycles. The number of nitrogens with two attached hydrogens (primary N) is 1. The number of hydrogen-bond donors (Lipinski definition) is 2. The van der Waals surface area contributed by atoms with Crippen LogP contribution in [-0.2, 0) is 11.2 Å². The molecule has 0 spiro atoms. The van der Waals surface area contributed by atoms with Crippen LogP contribution in [0.3, 0.4) is 0 Å². The highest BCUT2D eigenvalue weighted by Crippen LogP contribution is 2.11. The molecule has 1 rings (SSSR count). The van der Waals surface area contributed by atoms with E-state index in [1.807, 2.05) is 6.92 Å². The SMILES string of the molecule is CCc1nsc(NCCCCC(N)=O)n1. The Morgan fingerprint density at radius 3 is 2.93 bits per heavy atom. The fraction of sp³-hybridized carbons (Fsp3) is 0.667. The van der Waals surface area contributed by atoms with E-state index in [2.05, 4.69) is 14.7 Å². The molecule has 1 aromatic heterocycles. The number of rotatable bonds is 7. The zero-order valence-corrected chi connectivity index (χ0v) is 9.64. The Balaban J connectivity index is 2.12. The minimum absolute atomic E-state index is 0.237. The molecule has 1 amide bonds. The Morgan fingerprint density at radius 1 is 1.53 bits per heavy atom. The molecular formula is C9H16N4OS. The van der Waals surface area contributed by atoms with Gasteiger partial charge >= 0.3 is 0 Å². The zero-order valence-electron chi connectivity index (χ0n) is 8.82. The van der Waals surface area contributed by atoms with Crippen LogP contribution in [0.1, 0.15) is 32.0 Å². The van der Waals surface area contributed by atoms with Crippen molar-refractivity contribution in [3.63, 3.8) is 0 Å². The molecule has 0 saturated carbocycles. The topological polar surface area (TPSA) is 80.9 Å². The Labute approximate surface area is 93.3 Å². The number of carbonyl (C=O) groups is 1. The summed E-state index contributed by atoms with van der Waals surface area (Å²) in [6.45, 7) is 2.84. The second-order valence-corrected chi connectivity index (χ2v) is 3.97. The Bertz CT molecular complexity index is 313. The van der Waals surface area contributed by atoms with Crippen LogP contribution in [0.4, 0.5) is 5.13 Å². The normalized spacial score (nSPS) is 10.2.